The number of rotatable bonds is 5. The standard InChI is InChI=1S/C45H26N4O3/c1-2-12-27(13-3-1)43-46-44(28-24-25-40-34(26-28)31-16-6-7-21-37(31)50-40)48-45(47-43)49(35-19-10-17-32-29-14-4-8-22-38(29)51-41(32)35)36-20-11-18-33-30-15-5-9-23-39(30)52-42(33)36/h1-26H. The Kier molecular flexibility index (Phi) is 6.12. The number of nitrogens with zero attached hydrogens (tertiary/aromatic N) is 4. The molecule has 11 aromatic rings. The number of anilines is 3. The lowest BCUT2D eigenvalue weighted by Crippen LogP contribution is -2.15. The summed E-state index contributed by atoms with van der Waals surface area (Å²) >= 11 is 0. The van der Waals surface area contributed by atoms with E-state index in [4.69, 9.17) is 28.2 Å². The lowest BCUT2D eigenvalue weighted by Gasteiger charge is -2.24. The van der Waals surface area contributed by atoms with Gasteiger partial charge in [-0.2, -0.15) is 9.97 Å². The maximum Gasteiger partial charge on any atom is 0.239 e. The zero-order valence-corrected chi connectivity index (χ0v) is 27.5. The summed E-state index contributed by atoms with van der Waals surface area (Å²) in [5.74, 6) is 1.48. The molecule has 0 aliphatic carbocycles. The molecule has 0 unspecified atom stereocenters. The maximum absolute atomic E-state index is 6.63. The van der Waals surface area contributed by atoms with Crippen LogP contribution >= 0.6 is 0 Å². The van der Waals surface area contributed by atoms with Crippen LogP contribution in [0.1, 0.15) is 0 Å². The molecule has 0 saturated heterocycles. The molecule has 7 nitrogen and oxygen atoms in total. The van der Waals surface area contributed by atoms with Gasteiger partial charge in [0.05, 0.1) is 11.4 Å². The Morgan fingerprint density at radius 2 is 0.827 bits per heavy atom. The van der Waals surface area contributed by atoms with Crippen molar-refractivity contribution >= 4 is 83.1 Å². The highest BCUT2D eigenvalue weighted by Gasteiger charge is 2.26. The fraction of sp³-hybridized carbons (Fsp3) is 0. The lowest BCUT2D eigenvalue weighted by molar-refractivity contribution is 0.665. The van der Waals surface area contributed by atoms with Gasteiger partial charge in [-0.1, -0.05) is 109 Å². The molecular weight excluding hydrogens is 645 g/mol. The van der Waals surface area contributed by atoms with Crippen LogP contribution in [-0.4, -0.2) is 15.0 Å². The lowest BCUT2D eigenvalue weighted by atomic mass is 10.1. The first-order valence-corrected chi connectivity index (χ1v) is 17.1. The third-order valence-corrected chi connectivity index (χ3v) is 9.74. The van der Waals surface area contributed by atoms with E-state index in [1.807, 2.05) is 126 Å². The van der Waals surface area contributed by atoms with Gasteiger partial charge in [0.2, 0.25) is 5.95 Å². The van der Waals surface area contributed by atoms with Gasteiger partial charge in [-0.25, -0.2) is 4.98 Å². The fourth-order valence-electron chi connectivity index (χ4n) is 7.34. The smallest absolute Gasteiger partial charge is 0.239 e. The quantitative estimate of drug-likeness (QED) is 0.180. The summed E-state index contributed by atoms with van der Waals surface area (Å²) in [5.41, 5.74) is 7.91. The van der Waals surface area contributed by atoms with Crippen molar-refractivity contribution in [1.29, 1.82) is 0 Å². The first kappa shape index (κ1) is 28.6. The first-order chi connectivity index (χ1) is 25.8. The summed E-state index contributed by atoms with van der Waals surface area (Å²) in [4.78, 5) is 17.6. The molecule has 244 valence electrons. The van der Waals surface area contributed by atoms with E-state index in [0.717, 1.165) is 77.2 Å². The largest absolute Gasteiger partial charge is 0.456 e. The third kappa shape index (κ3) is 4.36. The Morgan fingerprint density at radius 3 is 1.44 bits per heavy atom. The number of benzene rings is 7. The van der Waals surface area contributed by atoms with Gasteiger partial charge in [-0.05, 0) is 48.5 Å². The molecule has 0 aliphatic heterocycles. The Balaban J connectivity index is 1.23. The van der Waals surface area contributed by atoms with E-state index >= 15 is 0 Å². The van der Waals surface area contributed by atoms with Gasteiger partial charge >= 0.3 is 0 Å². The van der Waals surface area contributed by atoms with Crippen molar-refractivity contribution < 1.29 is 13.3 Å². The Bertz CT molecular complexity index is 3040. The predicted octanol–water partition coefficient (Wildman–Crippen LogP) is 12.4. The van der Waals surface area contributed by atoms with Gasteiger partial charge in [0, 0.05) is 43.4 Å². The van der Waals surface area contributed by atoms with Crippen molar-refractivity contribution in [3.8, 4) is 22.8 Å². The number of hydrogen-bond acceptors (Lipinski definition) is 7. The first-order valence-electron chi connectivity index (χ1n) is 17.1. The van der Waals surface area contributed by atoms with Crippen LogP contribution in [0.5, 0.6) is 0 Å². The van der Waals surface area contributed by atoms with Crippen LogP contribution in [-0.2, 0) is 0 Å². The Labute approximate surface area is 296 Å². The summed E-state index contributed by atoms with van der Waals surface area (Å²) < 4.78 is 19.4. The van der Waals surface area contributed by atoms with Crippen molar-refractivity contribution in [3.05, 3.63) is 158 Å². The molecule has 0 radical (unpaired) electrons. The van der Waals surface area contributed by atoms with Gasteiger partial charge in [0.15, 0.2) is 22.8 Å². The number of furan rings is 3. The number of para-hydroxylation sites is 5. The minimum absolute atomic E-state index is 0.418. The van der Waals surface area contributed by atoms with Crippen LogP contribution in [0, 0.1) is 0 Å². The van der Waals surface area contributed by atoms with Crippen LogP contribution in [0.4, 0.5) is 17.3 Å². The van der Waals surface area contributed by atoms with E-state index in [0.29, 0.717) is 28.8 Å². The molecule has 11 rings (SSSR count). The van der Waals surface area contributed by atoms with Crippen molar-refractivity contribution in [2.24, 2.45) is 0 Å². The molecule has 0 spiro atoms. The maximum atomic E-state index is 6.63. The third-order valence-electron chi connectivity index (χ3n) is 9.74. The molecule has 0 saturated carbocycles. The molecule has 4 aromatic heterocycles. The zero-order valence-electron chi connectivity index (χ0n) is 27.5. The van der Waals surface area contributed by atoms with Gasteiger partial charge in [0.25, 0.3) is 0 Å². The van der Waals surface area contributed by atoms with Gasteiger partial charge < -0.3 is 13.3 Å². The average molecular weight is 671 g/mol. The topological polar surface area (TPSA) is 81.3 Å². The Hall–Kier alpha value is -7.25. The van der Waals surface area contributed by atoms with Gasteiger partial charge in [-0.3, -0.25) is 4.90 Å². The van der Waals surface area contributed by atoms with Crippen LogP contribution in [0.15, 0.2) is 171 Å². The molecule has 52 heavy (non-hydrogen) atoms. The van der Waals surface area contributed by atoms with E-state index in [2.05, 4.69) is 36.4 Å². The summed E-state index contributed by atoms with van der Waals surface area (Å²) in [6.07, 6.45) is 0. The minimum atomic E-state index is 0.418. The second-order valence-corrected chi connectivity index (χ2v) is 12.8. The highest BCUT2D eigenvalue weighted by molar-refractivity contribution is 6.13. The van der Waals surface area contributed by atoms with Crippen molar-refractivity contribution in [2.75, 3.05) is 4.90 Å². The number of hydrogen-bond donors (Lipinski definition) is 0. The van der Waals surface area contributed by atoms with Crippen molar-refractivity contribution in [2.45, 2.75) is 0 Å². The van der Waals surface area contributed by atoms with E-state index in [-0.39, 0.29) is 0 Å². The normalized spacial score (nSPS) is 11.8. The molecule has 7 heteroatoms. The van der Waals surface area contributed by atoms with Gasteiger partial charge in [0.1, 0.15) is 22.3 Å². The summed E-state index contributed by atoms with van der Waals surface area (Å²) in [7, 11) is 0. The summed E-state index contributed by atoms with van der Waals surface area (Å²) in [6.45, 7) is 0. The second kappa shape index (κ2) is 11.1. The molecule has 4 heterocycles. The fourth-order valence-corrected chi connectivity index (χ4v) is 7.34. The van der Waals surface area contributed by atoms with Crippen LogP contribution in [0.25, 0.3) is 88.6 Å². The SMILES string of the molecule is c1ccc(-c2nc(-c3ccc4oc5ccccc5c4c3)nc(N(c3cccc4c3oc3ccccc34)c3cccc4c3oc3ccccc34)n2)cc1. The molecule has 0 bridgehead atoms. The number of fused-ring (bicyclic) bond motifs is 9. The Morgan fingerprint density at radius 1 is 0.346 bits per heavy atom. The molecule has 0 N–H and O–H groups in total. The molecule has 7 aromatic carbocycles. The molecule has 0 atom stereocenters. The molecule has 0 amide bonds. The van der Waals surface area contributed by atoms with Crippen LogP contribution < -0.4 is 4.90 Å². The van der Waals surface area contributed by atoms with Crippen molar-refractivity contribution in [3.63, 3.8) is 0 Å². The van der Waals surface area contributed by atoms with E-state index < -0.39 is 0 Å². The van der Waals surface area contributed by atoms with Crippen LogP contribution in [0.3, 0.4) is 0 Å². The zero-order chi connectivity index (χ0) is 34.2. The van der Waals surface area contributed by atoms with E-state index in [9.17, 15) is 0 Å². The monoisotopic (exact) mass is 670 g/mol. The van der Waals surface area contributed by atoms with Crippen LogP contribution in [0.2, 0.25) is 0 Å². The summed E-state index contributed by atoms with van der Waals surface area (Å²) in [6, 6.07) is 52.7. The van der Waals surface area contributed by atoms with Crippen molar-refractivity contribution in [1.82, 2.24) is 15.0 Å². The van der Waals surface area contributed by atoms with Gasteiger partial charge in [-0.15, -0.1) is 0 Å². The second-order valence-electron chi connectivity index (χ2n) is 12.8. The number of aromatic nitrogens is 3. The molecule has 0 aliphatic rings. The minimum Gasteiger partial charge on any atom is -0.456 e. The predicted molar refractivity (Wildman–Crippen MR) is 207 cm³/mol. The summed E-state index contributed by atoms with van der Waals surface area (Å²) in [5, 5.41) is 6.07. The molecular formula is C45H26N4O3. The van der Waals surface area contributed by atoms with E-state index in [1.54, 1.807) is 0 Å². The average Bonchev–Trinajstić information content (AvgIpc) is 3.90. The molecule has 0 fully saturated rings. The highest BCUT2D eigenvalue weighted by Crippen LogP contribution is 2.45. The highest BCUT2D eigenvalue weighted by atomic mass is 16.3. The van der Waals surface area contributed by atoms with E-state index in [1.165, 1.54) is 0 Å².